The molecule has 326 valence electrons. The summed E-state index contributed by atoms with van der Waals surface area (Å²) in [5.74, 6) is -1.01. The van der Waals surface area contributed by atoms with E-state index in [-0.39, 0.29) is 19.4 Å². The molecule has 0 aromatic carbocycles. The summed E-state index contributed by atoms with van der Waals surface area (Å²) in [6.07, 6.45) is 14.2. The Morgan fingerprint density at radius 1 is 0.579 bits per heavy atom. The van der Waals surface area contributed by atoms with Gasteiger partial charge in [-0.15, -0.1) is 0 Å². The second kappa shape index (κ2) is 30.3. The van der Waals surface area contributed by atoms with E-state index in [9.17, 15) is 45.3 Å². The molecular weight excluding hydrogens is 744 g/mol. The normalized spacial score (nSPS) is 29.0. The van der Waals surface area contributed by atoms with Crippen molar-refractivity contribution in [2.24, 2.45) is 0 Å². The molecule has 11 atom stereocenters. The first kappa shape index (κ1) is 50.3. The minimum Gasteiger partial charge on any atom is -0.462 e. The van der Waals surface area contributed by atoms with Gasteiger partial charge in [0.1, 0.15) is 55.4 Å². The van der Waals surface area contributed by atoms with Gasteiger partial charge in [0.05, 0.1) is 19.8 Å². The summed E-state index contributed by atoms with van der Waals surface area (Å²) in [4.78, 5) is 25.0. The zero-order valence-electron chi connectivity index (χ0n) is 33.5. The Hall–Kier alpha value is -2.80. The highest BCUT2D eigenvalue weighted by Crippen LogP contribution is 2.26. The summed E-state index contributed by atoms with van der Waals surface area (Å²) in [5.41, 5.74) is 0. The van der Waals surface area contributed by atoms with Crippen molar-refractivity contribution in [1.29, 1.82) is 0 Å². The number of ether oxygens (including phenoxy) is 6. The molecule has 11 unspecified atom stereocenters. The number of unbranched alkanes of at least 4 members (excludes halogenated alkanes) is 4. The number of allylic oxidation sites excluding steroid dienone is 10. The number of carbonyl (C=O) groups excluding carboxylic acids is 2. The number of rotatable bonds is 28. The summed E-state index contributed by atoms with van der Waals surface area (Å²) in [5, 5.41) is 71.3. The van der Waals surface area contributed by atoms with Crippen molar-refractivity contribution in [1.82, 2.24) is 0 Å². The molecule has 2 aliphatic heterocycles. The summed E-state index contributed by atoms with van der Waals surface area (Å²) < 4.78 is 32.9. The number of aliphatic hydroxyl groups excluding tert-OH is 7. The largest absolute Gasteiger partial charge is 0.462 e. The van der Waals surface area contributed by atoms with E-state index in [1.165, 1.54) is 0 Å². The van der Waals surface area contributed by atoms with Gasteiger partial charge in [0.15, 0.2) is 18.7 Å². The van der Waals surface area contributed by atoms with E-state index in [4.69, 9.17) is 28.4 Å². The van der Waals surface area contributed by atoms with Crippen molar-refractivity contribution in [3.05, 3.63) is 60.8 Å². The molecule has 7 N–H and O–H groups in total. The zero-order chi connectivity index (χ0) is 41.8. The van der Waals surface area contributed by atoms with Crippen molar-refractivity contribution in [3.63, 3.8) is 0 Å². The summed E-state index contributed by atoms with van der Waals surface area (Å²) in [6, 6.07) is 0. The molecule has 15 heteroatoms. The molecule has 0 radical (unpaired) electrons. The zero-order valence-corrected chi connectivity index (χ0v) is 33.5. The Bertz CT molecular complexity index is 1230. The first-order chi connectivity index (χ1) is 27.5. The maximum atomic E-state index is 12.8. The Kier molecular flexibility index (Phi) is 26.7. The highest BCUT2D eigenvalue weighted by atomic mass is 16.7. The molecule has 0 aromatic rings. The minimum absolute atomic E-state index is 0.122. The molecule has 2 heterocycles. The van der Waals surface area contributed by atoms with Crippen LogP contribution >= 0.6 is 0 Å². The fourth-order valence-electron chi connectivity index (χ4n) is 5.81. The summed E-state index contributed by atoms with van der Waals surface area (Å²) in [7, 11) is 0. The third-order valence-corrected chi connectivity index (χ3v) is 9.26. The van der Waals surface area contributed by atoms with Crippen LogP contribution in [0.5, 0.6) is 0 Å². The molecule has 2 rings (SSSR count). The van der Waals surface area contributed by atoms with Crippen LogP contribution < -0.4 is 0 Å². The van der Waals surface area contributed by atoms with Crippen molar-refractivity contribution >= 4 is 11.9 Å². The van der Waals surface area contributed by atoms with E-state index < -0.39 is 99.3 Å². The second-order valence-corrected chi connectivity index (χ2v) is 14.1. The summed E-state index contributed by atoms with van der Waals surface area (Å²) in [6.45, 7) is 2.11. The van der Waals surface area contributed by atoms with Crippen LogP contribution in [0.4, 0.5) is 0 Å². The highest BCUT2D eigenvalue weighted by molar-refractivity contribution is 5.70. The maximum absolute atomic E-state index is 12.8. The molecule has 2 fully saturated rings. The third-order valence-electron chi connectivity index (χ3n) is 9.26. The lowest BCUT2D eigenvalue weighted by Gasteiger charge is -2.42. The van der Waals surface area contributed by atoms with Crippen LogP contribution in [0.15, 0.2) is 60.8 Å². The fraction of sp³-hybridized carbons (Fsp3) is 0.714. The number of aliphatic hydroxyl groups is 7. The molecular formula is C42H68O15. The van der Waals surface area contributed by atoms with E-state index in [0.29, 0.717) is 12.8 Å². The Morgan fingerprint density at radius 3 is 1.68 bits per heavy atom. The lowest BCUT2D eigenvalue weighted by Crippen LogP contribution is -2.61. The summed E-state index contributed by atoms with van der Waals surface area (Å²) >= 11 is 0. The van der Waals surface area contributed by atoms with Gasteiger partial charge in [-0.2, -0.15) is 0 Å². The van der Waals surface area contributed by atoms with Crippen LogP contribution in [0.2, 0.25) is 0 Å². The Labute approximate surface area is 337 Å². The van der Waals surface area contributed by atoms with Crippen molar-refractivity contribution in [2.75, 3.05) is 26.4 Å². The van der Waals surface area contributed by atoms with Gasteiger partial charge in [-0.05, 0) is 57.8 Å². The van der Waals surface area contributed by atoms with E-state index >= 15 is 0 Å². The van der Waals surface area contributed by atoms with Gasteiger partial charge in [0.25, 0.3) is 0 Å². The van der Waals surface area contributed by atoms with Crippen LogP contribution in [0, 0.1) is 0 Å². The van der Waals surface area contributed by atoms with Crippen LogP contribution in [0.1, 0.15) is 97.3 Å². The van der Waals surface area contributed by atoms with Gasteiger partial charge < -0.3 is 64.2 Å². The first-order valence-electron chi connectivity index (χ1n) is 20.4. The van der Waals surface area contributed by atoms with Gasteiger partial charge in [-0.25, -0.2) is 0 Å². The van der Waals surface area contributed by atoms with Crippen molar-refractivity contribution in [3.8, 4) is 0 Å². The van der Waals surface area contributed by atoms with Gasteiger partial charge in [0, 0.05) is 12.8 Å². The van der Waals surface area contributed by atoms with E-state index in [0.717, 1.165) is 57.8 Å². The van der Waals surface area contributed by atoms with E-state index in [1.807, 2.05) is 6.92 Å². The monoisotopic (exact) mass is 812 g/mol. The molecule has 0 saturated carbocycles. The molecule has 0 spiro atoms. The van der Waals surface area contributed by atoms with Gasteiger partial charge >= 0.3 is 11.9 Å². The van der Waals surface area contributed by atoms with Gasteiger partial charge in [-0.1, -0.05) is 87.4 Å². The Balaban J connectivity index is 1.79. The van der Waals surface area contributed by atoms with E-state index in [2.05, 4.69) is 67.7 Å². The predicted molar refractivity (Wildman–Crippen MR) is 210 cm³/mol. The highest BCUT2D eigenvalue weighted by Gasteiger charge is 2.47. The minimum atomic E-state index is -1.77. The lowest BCUT2D eigenvalue weighted by molar-refractivity contribution is -0.332. The number of esters is 2. The molecule has 57 heavy (non-hydrogen) atoms. The maximum Gasteiger partial charge on any atom is 0.306 e. The van der Waals surface area contributed by atoms with E-state index in [1.54, 1.807) is 0 Å². The van der Waals surface area contributed by atoms with Crippen molar-refractivity contribution < 1.29 is 73.8 Å². The Morgan fingerprint density at radius 2 is 1.11 bits per heavy atom. The average molecular weight is 813 g/mol. The fourth-order valence-corrected chi connectivity index (χ4v) is 5.81. The van der Waals surface area contributed by atoms with Crippen LogP contribution in [-0.4, -0.2) is 142 Å². The molecule has 2 aliphatic rings. The standard InChI is InChI=1S/C42H68O15/c1-3-5-7-8-9-10-11-12-13-14-15-16-17-18-19-20-21-22-23-25-34(45)55-30(27-52-33(44)24-6-4-2)28-53-41-40(51)38(49)36(47)32(57-41)29-54-42-39(50)37(48)35(46)31(26-43)56-42/h5,7,9-10,12-13,15-16,18-19,30-32,35-43,46-51H,3-4,6,8,11,14,17,20-29H2,1-2H3/b7-5-,10-9-,13-12-,16-15-,19-18-. The number of carbonyl (C=O) groups is 2. The van der Waals surface area contributed by atoms with Gasteiger partial charge in [0.2, 0.25) is 0 Å². The quantitative estimate of drug-likeness (QED) is 0.0342. The molecule has 0 bridgehead atoms. The first-order valence-corrected chi connectivity index (χ1v) is 20.4. The van der Waals surface area contributed by atoms with Gasteiger partial charge in [-0.3, -0.25) is 9.59 Å². The molecule has 2 saturated heterocycles. The van der Waals surface area contributed by atoms with Crippen molar-refractivity contribution in [2.45, 2.75) is 165 Å². The molecule has 0 aliphatic carbocycles. The topological polar surface area (TPSA) is 231 Å². The smallest absolute Gasteiger partial charge is 0.306 e. The second-order valence-electron chi connectivity index (χ2n) is 14.1. The number of hydrogen-bond acceptors (Lipinski definition) is 15. The lowest BCUT2D eigenvalue weighted by atomic mass is 9.98. The third kappa shape index (κ3) is 20.1. The predicted octanol–water partition coefficient (Wildman–Crippen LogP) is 2.97. The molecule has 0 aromatic heterocycles. The van der Waals surface area contributed by atoms with Crippen LogP contribution in [0.3, 0.4) is 0 Å². The molecule has 15 nitrogen and oxygen atoms in total. The average Bonchev–Trinajstić information content (AvgIpc) is 3.20. The van der Waals surface area contributed by atoms with Crippen LogP contribution in [0.25, 0.3) is 0 Å². The molecule has 0 amide bonds. The number of hydrogen-bond donors (Lipinski definition) is 7. The van der Waals surface area contributed by atoms with Crippen LogP contribution in [-0.2, 0) is 38.0 Å². The SMILES string of the molecule is CC/C=C\C/C=C\C/C=C\C/C=C\C/C=C\CCCCCC(=O)OC(COC(=O)CCCC)COC1OC(COC2OC(CO)C(O)C(O)C2O)C(O)C(O)C1O.